The highest BCUT2D eigenvalue weighted by molar-refractivity contribution is 6.36. The van der Waals surface area contributed by atoms with E-state index in [4.69, 9.17) is 20.4 Å². The van der Waals surface area contributed by atoms with E-state index in [9.17, 15) is 9.59 Å². The van der Waals surface area contributed by atoms with Crippen molar-refractivity contribution in [2.24, 2.45) is 0 Å². The summed E-state index contributed by atoms with van der Waals surface area (Å²) < 4.78 is 10.2. The van der Waals surface area contributed by atoms with Gasteiger partial charge >= 0.3 is 11.3 Å². The number of hydrogen-bond donors (Lipinski definition) is 0. The third-order valence-corrected chi connectivity index (χ3v) is 3.05. The molecule has 0 unspecified atom stereocenters. The van der Waals surface area contributed by atoms with Gasteiger partial charge in [-0.1, -0.05) is 11.6 Å². The average molecular weight is 263 g/mol. The largest absolute Gasteiger partial charge is 0.422 e. The van der Waals surface area contributed by atoms with E-state index in [1.807, 2.05) is 0 Å². The first-order valence-electron chi connectivity index (χ1n) is 5.23. The van der Waals surface area contributed by atoms with Crippen LogP contribution < -0.4 is 11.3 Å². The number of rotatable bonds is 0. The molecule has 0 spiro atoms. The molecule has 0 N–H and O–H groups in total. The fourth-order valence-electron chi connectivity index (χ4n) is 1.96. The molecule has 3 rings (SSSR count). The molecule has 0 aliphatic heterocycles. The highest BCUT2D eigenvalue weighted by Gasteiger charge is 2.12. The second-order valence-corrected chi connectivity index (χ2v) is 4.39. The first-order valence-corrected chi connectivity index (χ1v) is 5.61. The fourth-order valence-corrected chi connectivity index (χ4v) is 2.21. The minimum atomic E-state index is -0.501. The summed E-state index contributed by atoms with van der Waals surface area (Å²) in [6.07, 6.45) is 0. The van der Waals surface area contributed by atoms with Crippen LogP contribution in [-0.2, 0) is 0 Å². The van der Waals surface area contributed by atoms with E-state index in [0.29, 0.717) is 16.0 Å². The highest BCUT2D eigenvalue weighted by atomic mass is 35.5. The maximum atomic E-state index is 11.4. The number of halogens is 1. The predicted molar refractivity (Wildman–Crippen MR) is 68.3 cm³/mol. The molecule has 1 aromatic carbocycles. The maximum absolute atomic E-state index is 11.4. The zero-order valence-electron chi connectivity index (χ0n) is 9.32. The summed E-state index contributed by atoms with van der Waals surface area (Å²) in [5.41, 5.74) is 0.415. The Morgan fingerprint density at radius 1 is 0.944 bits per heavy atom. The van der Waals surface area contributed by atoms with Crippen molar-refractivity contribution in [3.05, 3.63) is 55.7 Å². The van der Waals surface area contributed by atoms with Gasteiger partial charge in [0.25, 0.3) is 0 Å². The first kappa shape index (κ1) is 11.0. The summed E-state index contributed by atoms with van der Waals surface area (Å²) in [7, 11) is 0. The quantitative estimate of drug-likeness (QED) is 0.462. The molecular formula is C13H7ClO4. The second kappa shape index (κ2) is 3.71. The molecule has 18 heavy (non-hydrogen) atoms. The average Bonchev–Trinajstić information content (AvgIpc) is 2.31. The molecule has 0 saturated carbocycles. The lowest BCUT2D eigenvalue weighted by atomic mass is 10.1. The van der Waals surface area contributed by atoms with Crippen LogP contribution in [0.2, 0.25) is 5.02 Å². The van der Waals surface area contributed by atoms with Crippen molar-refractivity contribution in [3.8, 4) is 0 Å². The van der Waals surface area contributed by atoms with Crippen LogP contribution in [0.1, 0.15) is 5.56 Å². The van der Waals surface area contributed by atoms with Gasteiger partial charge in [-0.2, -0.15) is 0 Å². The highest BCUT2D eigenvalue weighted by Crippen LogP contribution is 2.31. The van der Waals surface area contributed by atoms with Crippen LogP contribution >= 0.6 is 11.6 Å². The van der Waals surface area contributed by atoms with Gasteiger partial charge in [0.1, 0.15) is 5.58 Å². The molecule has 0 fully saturated rings. The zero-order valence-corrected chi connectivity index (χ0v) is 10.1. The molecule has 0 aliphatic carbocycles. The van der Waals surface area contributed by atoms with Gasteiger partial charge in [0, 0.05) is 17.5 Å². The van der Waals surface area contributed by atoms with Gasteiger partial charge in [-0.25, -0.2) is 9.59 Å². The molecule has 90 valence electrons. The third-order valence-electron chi connectivity index (χ3n) is 2.77. The van der Waals surface area contributed by atoms with E-state index in [1.165, 1.54) is 18.2 Å². The summed E-state index contributed by atoms with van der Waals surface area (Å²) in [6, 6.07) is 5.82. The molecular weight excluding hydrogens is 256 g/mol. The van der Waals surface area contributed by atoms with Crippen molar-refractivity contribution in [1.29, 1.82) is 0 Å². The monoisotopic (exact) mass is 262 g/mol. The minimum absolute atomic E-state index is 0.227. The van der Waals surface area contributed by atoms with Crippen molar-refractivity contribution < 1.29 is 8.83 Å². The molecule has 5 heteroatoms. The van der Waals surface area contributed by atoms with Crippen LogP contribution in [0.3, 0.4) is 0 Å². The van der Waals surface area contributed by atoms with Gasteiger partial charge < -0.3 is 8.83 Å². The zero-order chi connectivity index (χ0) is 12.9. The normalized spacial score (nSPS) is 11.2. The summed E-state index contributed by atoms with van der Waals surface area (Å²) >= 11 is 6.07. The van der Waals surface area contributed by atoms with Crippen molar-refractivity contribution in [3.63, 3.8) is 0 Å². The molecule has 0 saturated heterocycles. The number of hydrogen-bond acceptors (Lipinski definition) is 4. The standard InChI is InChI=1S/C13H7ClO4/c1-6-4-11(16)18-12-7-2-3-10(15)17-13(7)9(14)5-8(6)12/h2-5H,1H3. The van der Waals surface area contributed by atoms with Gasteiger partial charge in [0.15, 0.2) is 5.58 Å². The Labute approximate surface area is 105 Å². The van der Waals surface area contributed by atoms with Crippen LogP contribution in [0, 0.1) is 6.92 Å². The molecule has 2 aromatic heterocycles. The fraction of sp³-hybridized carbons (Fsp3) is 0.0769. The summed E-state index contributed by atoms with van der Waals surface area (Å²) in [5, 5.41) is 1.55. The van der Waals surface area contributed by atoms with Gasteiger partial charge in [-0.15, -0.1) is 0 Å². The Morgan fingerprint density at radius 2 is 1.67 bits per heavy atom. The third kappa shape index (κ3) is 1.54. The Bertz CT molecular complexity index is 889. The van der Waals surface area contributed by atoms with Gasteiger partial charge in [-0.3, -0.25) is 0 Å². The summed E-state index contributed by atoms with van der Waals surface area (Å²) in [6.45, 7) is 1.79. The van der Waals surface area contributed by atoms with Crippen LogP contribution in [0.5, 0.6) is 0 Å². The van der Waals surface area contributed by atoms with Crippen LogP contribution in [0.15, 0.2) is 42.7 Å². The molecule has 0 radical (unpaired) electrons. The summed E-state index contributed by atoms with van der Waals surface area (Å²) in [4.78, 5) is 22.6. The maximum Gasteiger partial charge on any atom is 0.336 e. The SMILES string of the molecule is Cc1cc(=O)oc2c1cc(Cl)c1oc(=O)ccc12. The number of benzene rings is 1. The van der Waals surface area contributed by atoms with Gasteiger partial charge in [0.05, 0.1) is 10.4 Å². The Hall–Kier alpha value is -2.07. The van der Waals surface area contributed by atoms with E-state index < -0.39 is 11.3 Å². The van der Waals surface area contributed by atoms with Crippen molar-refractivity contribution in [2.75, 3.05) is 0 Å². The van der Waals surface area contributed by atoms with E-state index >= 15 is 0 Å². The molecule has 0 bridgehead atoms. The van der Waals surface area contributed by atoms with E-state index in [2.05, 4.69) is 0 Å². The smallest absolute Gasteiger partial charge is 0.336 e. The van der Waals surface area contributed by atoms with E-state index in [1.54, 1.807) is 13.0 Å². The van der Waals surface area contributed by atoms with E-state index in [0.717, 1.165) is 10.9 Å². The Balaban J connectivity index is 2.69. The second-order valence-electron chi connectivity index (χ2n) is 3.98. The van der Waals surface area contributed by atoms with Crippen LogP contribution in [0.25, 0.3) is 21.9 Å². The van der Waals surface area contributed by atoms with E-state index in [-0.39, 0.29) is 5.58 Å². The lowest BCUT2D eigenvalue weighted by molar-refractivity contribution is 0.551. The van der Waals surface area contributed by atoms with Gasteiger partial charge in [0.2, 0.25) is 0 Å². The molecule has 0 aliphatic rings. The summed E-state index contributed by atoms with van der Waals surface area (Å²) in [5.74, 6) is 0. The van der Waals surface area contributed by atoms with Crippen molar-refractivity contribution in [2.45, 2.75) is 6.92 Å². The van der Waals surface area contributed by atoms with Crippen LogP contribution in [0.4, 0.5) is 0 Å². The van der Waals surface area contributed by atoms with Gasteiger partial charge in [-0.05, 0) is 24.6 Å². The topological polar surface area (TPSA) is 60.4 Å². The lowest BCUT2D eigenvalue weighted by Crippen LogP contribution is -2.00. The lowest BCUT2D eigenvalue weighted by Gasteiger charge is -2.05. The Kier molecular flexibility index (Phi) is 2.28. The minimum Gasteiger partial charge on any atom is -0.422 e. The predicted octanol–water partition coefficient (Wildman–Crippen LogP) is 2.86. The van der Waals surface area contributed by atoms with Crippen LogP contribution in [-0.4, -0.2) is 0 Å². The van der Waals surface area contributed by atoms with Crippen molar-refractivity contribution >= 4 is 33.5 Å². The Morgan fingerprint density at radius 3 is 2.44 bits per heavy atom. The molecule has 3 aromatic rings. The first-order chi connectivity index (χ1) is 8.56. The number of fused-ring (bicyclic) bond motifs is 3. The number of aryl methyl sites for hydroxylation is 1. The molecule has 4 nitrogen and oxygen atoms in total. The molecule has 0 amide bonds. The molecule has 0 atom stereocenters. The molecule has 2 heterocycles. The van der Waals surface area contributed by atoms with Crippen molar-refractivity contribution in [1.82, 2.24) is 0 Å².